The van der Waals surface area contributed by atoms with E-state index in [1.807, 2.05) is 24.3 Å². The summed E-state index contributed by atoms with van der Waals surface area (Å²) in [5.74, 6) is 0. The number of nitrogens with zero attached hydrogens (tertiary/aromatic N) is 1. The van der Waals surface area contributed by atoms with Gasteiger partial charge in [-0.2, -0.15) is 0 Å². The van der Waals surface area contributed by atoms with E-state index < -0.39 is 0 Å². The van der Waals surface area contributed by atoms with Crippen molar-refractivity contribution >= 4 is 5.69 Å². The summed E-state index contributed by atoms with van der Waals surface area (Å²) in [6.07, 6.45) is 0. The number of benzene rings is 2. The molecule has 19 heavy (non-hydrogen) atoms. The van der Waals surface area contributed by atoms with Crippen LogP contribution in [0.4, 0.5) is 5.69 Å². The van der Waals surface area contributed by atoms with E-state index in [0.29, 0.717) is 6.54 Å². The van der Waals surface area contributed by atoms with E-state index in [0.717, 1.165) is 5.56 Å². The molecular weight excluding hydrogens is 240 g/mol. The van der Waals surface area contributed by atoms with E-state index in [-0.39, 0.29) is 16.7 Å². The summed E-state index contributed by atoms with van der Waals surface area (Å²) in [6, 6.07) is 17.0. The molecule has 0 bridgehead atoms. The molecule has 4 heteroatoms. The second kappa shape index (κ2) is 6.11. The molecule has 0 saturated carbocycles. The molecule has 0 radical (unpaired) electrons. The fourth-order valence-electron chi connectivity index (χ4n) is 1.91. The molecule has 2 rings (SSSR count). The van der Waals surface area contributed by atoms with Crippen molar-refractivity contribution in [2.45, 2.75) is 19.5 Å². The van der Waals surface area contributed by atoms with E-state index in [4.69, 9.17) is 0 Å². The maximum Gasteiger partial charge on any atom is 0.269 e. The van der Waals surface area contributed by atoms with Gasteiger partial charge < -0.3 is 5.32 Å². The number of nitrogens with one attached hydrogen (secondary N) is 1. The summed E-state index contributed by atoms with van der Waals surface area (Å²) in [5, 5.41) is 14.1. The lowest BCUT2D eigenvalue weighted by molar-refractivity contribution is -0.384. The Balaban J connectivity index is 1.99. The number of non-ortho nitro benzene ring substituents is 1. The van der Waals surface area contributed by atoms with Crippen LogP contribution in [0, 0.1) is 10.1 Å². The third-order valence-corrected chi connectivity index (χ3v) is 3.03. The Morgan fingerprint density at radius 3 is 2.58 bits per heavy atom. The van der Waals surface area contributed by atoms with Crippen LogP contribution in [-0.2, 0) is 6.54 Å². The lowest BCUT2D eigenvalue weighted by Gasteiger charge is -2.14. The van der Waals surface area contributed by atoms with Gasteiger partial charge in [-0.05, 0) is 18.1 Å². The highest BCUT2D eigenvalue weighted by molar-refractivity contribution is 5.34. The molecule has 2 aromatic carbocycles. The minimum atomic E-state index is -0.371. The Bertz CT molecular complexity index is 555. The Morgan fingerprint density at radius 2 is 1.89 bits per heavy atom. The second-order valence-electron chi connectivity index (χ2n) is 4.44. The fraction of sp³-hybridized carbons (Fsp3) is 0.200. The van der Waals surface area contributed by atoms with Crippen molar-refractivity contribution in [2.75, 3.05) is 0 Å². The predicted octanol–water partition coefficient (Wildman–Crippen LogP) is 3.45. The molecule has 0 unspecified atom stereocenters. The predicted molar refractivity (Wildman–Crippen MR) is 74.8 cm³/mol. The SMILES string of the molecule is C[C@H](NCc1cccc([N+](=O)[O-])c1)c1ccccc1. The minimum absolute atomic E-state index is 0.131. The van der Waals surface area contributed by atoms with Crippen LogP contribution in [0.1, 0.15) is 24.1 Å². The van der Waals surface area contributed by atoms with Gasteiger partial charge in [0.1, 0.15) is 0 Å². The van der Waals surface area contributed by atoms with Crippen molar-refractivity contribution in [1.82, 2.24) is 5.32 Å². The minimum Gasteiger partial charge on any atom is -0.306 e. The maximum atomic E-state index is 10.7. The van der Waals surface area contributed by atoms with Crippen molar-refractivity contribution in [3.8, 4) is 0 Å². The average molecular weight is 256 g/mol. The quantitative estimate of drug-likeness (QED) is 0.658. The fourth-order valence-corrected chi connectivity index (χ4v) is 1.91. The van der Waals surface area contributed by atoms with Crippen LogP contribution < -0.4 is 5.32 Å². The van der Waals surface area contributed by atoms with Gasteiger partial charge in [0.2, 0.25) is 0 Å². The van der Waals surface area contributed by atoms with Crippen LogP contribution in [0.5, 0.6) is 0 Å². The van der Waals surface area contributed by atoms with Crippen molar-refractivity contribution in [2.24, 2.45) is 0 Å². The van der Waals surface area contributed by atoms with Gasteiger partial charge in [-0.3, -0.25) is 10.1 Å². The van der Waals surface area contributed by atoms with E-state index in [1.165, 1.54) is 11.6 Å². The molecule has 0 amide bonds. The second-order valence-corrected chi connectivity index (χ2v) is 4.44. The maximum absolute atomic E-state index is 10.7. The van der Waals surface area contributed by atoms with Crippen LogP contribution in [-0.4, -0.2) is 4.92 Å². The molecule has 98 valence electrons. The molecule has 1 atom stereocenters. The first kappa shape index (κ1) is 13.2. The molecule has 0 aliphatic rings. The highest BCUT2D eigenvalue weighted by Gasteiger charge is 2.07. The van der Waals surface area contributed by atoms with E-state index >= 15 is 0 Å². The normalized spacial score (nSPS) is 12.1. The van der Waals surface area contributed by atoms with Crippen LogP contribution in [0.2, 0.25) is 0 Å². The van der Waals surface area contributed by atoms with Gasteiger partial charge in [-0.1, -0.05) is 42.5 Å². The van der Waals surface area contributed by atoms with Gasteiger partial charge in [0.15, 0.2) is 0 Å². The first-order valence-electron chi connectivity index (χ1n) is 6.18. The van der Waals surface area contributed by atoms with Gasteiger partial charge >= 0.3 is 0 Å². The molecule has 0 spiro atoms. The third-order valence-electron chi connectivity index (χ3n) is 3.03. The van der Waals surface area contributed by atoms with Crippen molar-refractivity contribution in [3.63, 3.8) is 0 Å². The molecule has 0 heterocycles. The van der Waals surface area contributed by atoms with Gasteiger partial charge in [0, 0.05) is 24.7 Å². The third kappa shape index (κ3) is 3.63. The summed E-state index contributed by atoms with van der Waals surface area (Å²) >= 11 is 0. The van der Waals surface area contributed by atoms with Crippen LogP contribution in [0.3, 0.4) is 0 Å². The van der Waals surface area contributed by atoms with Crippen molar-refractivity contribution in [3.05, 3.63) is 75.8 Å². The molecule has 4 nitrogen and oxygen atoms in total. The average Bonchev–Trinajstić information content (AvgIpc) is 2.46. The van der Waals surface area contributed by atoms with Crippen molar-refractivity contribution in [1.29, 1.82) is 0 Å². The molecular formula is C15H16N2O2. The Hall–Kier alpha value is -2.20. The zero-order chi connectivity index (χ0) is 13.7. The van der Waals surface area contributed by atoms with E-state index in [9.17, 15) is 10.1 Å². The number of rotatable bonds is 5. The number of nitro benzene ring substituents is 1. The lowest BCUT2D eigenvalue weighted by Crippen LogP contribution is -2.17. The highest BCUT2D eigenvalue weighted by atomic mass is 16.6. The van der Waals surface area contributed by atoms with Crippen LogP contribution in [0.15, 0.2) is 54.6 Å². The summed E-state index contributed by atoms with van der Waals surface area (Å²) in [7, 11) is 0. The smallest absolute Gasteiger partial charge is 0.269 e. The first-order valence-corrected chi connectivity index (χ1v) is 6.18. The van der Waals surface area contributed by atoms with Crippen molar-refractivity contribution < 1.29 is 4.92 Å². The Morgan fingerprint density at radius 1 is 1.16 bits per heavy atom. The molecule has 0 fully saturated rings. The molecule has 1 N–H and O–H groups in total. The van der Waals surface area contributed by atoms with Crippen LogP contribution in [0.25, 0.3) is 0 Å². The van der Waals surface area contributed by atoms with E-state index in [2.05, 4.69) is 24.4 Å². The van der Waals surface area contributed by atoms with Gasteiger partial charge in [-0.15, -0.1) is 0 Å². The topological polar surface area (TPSA) is 55.2 Å². The summed E-state index contributed by atoms with van der Waals surface area (Å²) < 4.78 is 0. The zero-order valence-electron chi connectivity index (χ0n) is 10.7. The molecule has 0 aromatic heterocycles. The van der Waals surface area contributed by atoms with Crippen LogP contribution >= 0.6 is 0 Å². The highest BCUT2D eigenvalue weighted by Crippen LogP contribution is 2.15. The standard InChI is InChI=1S/C15H16N2O2/c1-12(14-7-3-2-4-8-14)16-11-13-6-5-9-15(10-13)17(18)19/h2-10,12,16H,11H2,1H3/t12-/m0/s1. The lowest BCUT2D eigenvalue weighted by atomic mass is 10.1. The summed E-state index contributed by atoms with van der Waals surface area (Å²) in [5.41, 5.74) is 2.25. The Kier molecular flexibility index (Phi) is 4.26. The summed E-state index contributed by atoms with van der Waals surface area (Å²) in [4.78, 5) is 10.3. The summed E-state index contributed by atoms with van der Waals surface area (Å²) in [6.45, 7) is 2.68. The molecule has 2 aromatic rings. The number of hydrogen-bond acceptors (Lipinski definition) is 3. The van der Waals surface area contributed by atoms with E-state index in [1.54, 1.807) is 12.1 Å². The molecule has 0 saturated heterocycles. The number of nitro groups is 1. The Labute approximate surface area is 112 Å². The number of hydrogen-bond donors (Lipinski definition) is 1. The largest absolute Gasteiger partial charge is 0.306 e. The molecule has 0 aliphatic carbocycles. The monoisotopic (exact) mass is 256 g/mol. The van der Waals surface area contributed by atoms with Gasteiger partial charge in [-0.25, -0.2) is 0 Å². The first-order chi connectivity index (χ1) is 9.16. The van der Waals surface area contributed by atoms with Gasteiger partial charge in [0.05, 0.1) is 4.92 Å². The van der Waals surface area contributed by atoms with Gasteiger partial charge in [0.25, 0.3) is 5.69 Å². The zero-order valence-corrected chi connectivity index (χ0v) is 10.7. The molecule has 0 aliphatic heterocycles.